The predicted octanol–water partition coefficient (Wildman–Crippen LogP) is 4.78. The number of aryl methyl sites for hydroxylation is 1. The minimum Gasteiger partial charge on any atom is -0.351 e. The molecule has 2 N–H and O–H groups in total. The summed E-state index contributed by atoms with van der Waals surface area (Å²) in [6, 6.07) is 11.0. The molecular formula is C21H18ClN5O3S2. The summed E-state index contributed by atoms with van der Waals surface area (Å²) in [4.78, 5) is 34.2. The SMILES string of the molecule is CC(=O)NCc1ccc(-c2csc(NC(=O)CCc3nc(-c4ccc(Cl)cc4)no3)n2)s1. The number of hydrogen-bond donors (Lipinski definition) is 2. The molecular weight excluding hydrogens is 470 g/mol. The molecule has 11 heteroatoms. The van der Waals surface area contributed by atoms with Gasteiger partial charge in [-0.2, -0.15) is 4.98 Å². The van der Waals surface area contributed by atoms with E-state index in [0.29, 0.717) is 34.8 Å². The van der Waals surface area contributed by atoms with Crippen molar-refractivity contribution in [3.8, 4) is 22.0 Å². The maximum absolute atomic E-state index is 12.3. The average Bonchev–Trinajstić information content (AvgIpc) is 3.52. The Balaban J connectivity index is 1.29. The number of nitrogens with zero attached hydrogens (tertiary/aromatic N) is 3. The highest BCUT2D eigenvalue weighted by Gasteiger charge is 2.13. The van der Waals surface area contributed by atoms with Gasteiger partial charge in [0.2, 0.25) is 23.5 Å². The lowest BCUT2D eigenvalue weighted by molar-refractivity contribution is -0.119. The fraction of sp³-hybridized carbons (Fsp3) is 0.190. The van der Waals surface area contributed by atoms with Crippen molar-refractivity contribution < 1.29 is 14.1 Å². The van der Waals surface area contributed by atoms with E-state index in [9.17, 15) is 9.59 Å². The van der Waals surface area contributed by atoms with E-state index in [1.165, 1.54) is 18.3 Å². The van der Waals surface area contributed by atoms with E-state index in [0.717, 1.165) is 21.0 Å². The number of thiophene rings is 1. The summed E-state index contributed by atoms with van der Waals surface area (Å²) in [6.45, 7) is 1.98. The van der Waals surface area contributed by atoms with Crippen LogP contribution in [0.4, 0.5) is 5.13 Å². The van der Waals surface area contributed by atoms with Gasteiger partial charge in [0.05, 0.1) is 17.1 Å². The van der Waals surface area contributed by atoms with Gasteiger partial charge in [-0.15, -0.1) is 22.7 Å². The summed E-state index contributed by atoms with van der Waals surface area (Å²) in [5.41, 5.74) is 1.58. The molecule has 0 fully saturated rings. The number of amides is 2. The first kappa shape index (κ1) is 22.1. The van der Waals surface area contributed by atoms with E-state index in [4.69, 9.17) is 16.1 Å². The summed E-state index contributed by atoms with van der Waals surface area (Å²) >= 11 is 8.80. The lowest BCUT2D eigenvalue weighted by atomic mass is 10.2. The van der Waals surface area contributed by atoms with Crippen molar-refractivity contribution in [3.05, 3.63) is 57.6 Å². The van der Waals surface area contributed by atoms with E-state index in [2.05, 4.69) is 25.8 Å². The van der Waals surface area contributed by atoms with Crippen LogP contribution in [0.15, 0.2) is 46.3 Å². The molecule has 0 unspecified atom stereocenters. The fourth-order valence-corrected chi connectivity index (χ4v) is 4.58. The number of hydrogen-bond acceptors (Lipinski definition) is 8. The minimum atomic E-state index is -0.185. The summed E-state index contributed by atoms with van der Waals surface area (Å²) in [7, 11) is 0. The number of benzene rings is 1. The molecule has 0 saturated carbocycles. The number of carbonyl (C=O) groups is 2. The van der Waals surface area contributed by atoms with Crippen LogP contribution in [0.2, 0.25) is 5.02 Å². The van der Waals surface area contributed by atoms with Crippen LogP contribution in [0.3, 0.4) is 0 Å². The molecule has 32 heavy (non-hydrogen) atoms. The number of aromatic nitrogens is 3. The Hall–Kier alpha value is -3.08. The zero-order valence-electron chi connectivity index (χ0n) is 16.9. The van der Waals surface area contributed by atoms with Crippen molar-refractivity contribution in [3.63, 3.8) is 0 Å². The molecule has 4 rings (SSSR count). The van der Waals surface area contributed by atoms with Crippen molar-refractivity contribution in [2.45, 2.75) is 26.3 Å². The first-order chi connectivity index (χ1) is 15.5. The van der Waals surface area contributed by atoms with Crippen molar-refractivity contribution in [1.82, 2.24) is 20.4 Å². The van der Waals surface area contributed by atoms with Gasteiger partial charge in [-0.05, 0) is 36.4 Å². The number of rotatable bonds is 8. The molecule has 0 aliphatic carbocycles. The molecule has 0 bridgehead atoms. The number of thiazole rings is 1. The molecule has 2 amide bonds. The normalized spacial score (nSPS) is 10.8. The summed E-state index contributed by atoms with van der Waals surface area (Å²) < 4.78 is 5.24. The van der Waals surface area contributed by atoms with Crippen LogP contribution in [-0.4, -0.2) is 26.9 Å². The van der Waals surface area contributed by atoms with Gasteiger partial charge < -0.3 is 15.2 Å². The van der Waals surface area contributed by atoms with Gasteiger partial charge in [0.25, 0.3) is 0 Å². The summed E-state index contributed by atoms with van der Waals surface area (Å²) in [6.07, 6.45) is 0.513. The lowest BCUT2D eigenvalue weighted by Gasteiger charge is -1.99. The van der Waals surface area contributed by atoms with Crippen LogP contribution >= 0.6 is 34.3 Å². The van der Waals surface area contributed by atoms with Gasteiger partial charge in [0.15, 0.2) is 5.13 Å². The van der Waals surface area contributed by atoms with Gasteiger partial charge >= 0.3 is 0 Å². The molecule has 3 heterocycles. The Morgan fingerprint density at radius 2 is 1.94 bits per heavy atom. The van der Waals surface area contributed by atoms with Crippen LogP contribution in [-0.2, 0) is 22.6 Å². The number of halogens is 1. The first-order valence-electron chi connectivity index (χ1n) is 9.63. The van der Waals surface area contributed by atoms with Gasteiger partial charge in [-0.25, -0.2) is 4.98 Å². The molecule has 0 spiro atoms. The van der Waals surface area contributed by atoms with E-state index >= 15 is 0 Å². The smallest absolute Gasteiger partial charge is 0.227 e. The lowest BCUT2D eigenvalue weighted by Crippen LogP contribution is -2.17. The number of carbonyl (C=O) groups excluding carboxylic acids is 2. The Kier molecular flexibility index (Phi) is 6.93. The number of nitrogens with one attached hydrogen (secondary N) is 2. The number of anilines is 1. The molecule has 164 valence electrons. The monoisotopic (exact) mass is 487 g/mol. The van der Waals surface area contributed by atoms with Crippen LogP contribution in [0.1, 0.15) is 24.1 Å². The summed E-state index contributed by atoms with van der Waals surface area (Å²) in [5.74, 6) is 0.584. The van der Waals surface area contributed by atoms with Gasteiger partial charge in [-0.3, -0.25) is 9.59 Å². The predicted molar refractivity (Wildman–Crippen MR) is 125 cm³/mol. The second-order valence-corrected chi connectivity index (χ2v) is 9.24. The maximum Gasteiger partial charge on any atom is 0.227 e. The van der Waals surface area contributed by atoms with Crippen molar-refractivity contribution >= 4 is 51.2 Å². The van der Waals surface area contributed by atoms with Crippen LogP contribution < -0.4 is 10.6 Å². The minimum absolute atomic E-state index is 0.0691. The van der Waals surface area contributed by atoms with E-state index in [1.54, 1.807) is 35.6 Å². The Morgan fingerprint density at radius 1 is 1.12 bits per heavy atom. The molecule has 4 aromatic rings. The molecule has 8 nitrogen and oxygen atoms in total. The Labute approximate surface area is 196 Å². The highest BCUT2D eigenvalue weighted by atomic mass is 35.5. The second kappa shape index (κ2) is 10.0. The van der Waals surface area contributed by atoms with Gasteiger partial charge in [-0.1, -0.05) is 16.8 Å². The first-order valence-corrected chi connectivity index (χ1v) is 11.7. The highest BCUT2D eigenvalue weighted by Crippen LogP contribution is 2.31. The highest BCUT2D eigenvalue weighted by molar-refractivity contribution is 7.17. The third-order valence-electron chi connectivity index (χ3n) is 4.31. The third-order valence-corrected chi connectivity index (χ3v) is 6.43. The topological polar surface area (TPSA) is 110 Å². The Bertz CT molecular complexity index is 1230. The summed E-state index contributed by atoms with van der Waals surface area (Å²) in [5, 5.41) is 12.6. The maximum atomic E-state index is 12.3. The molecule has 1 aromatic carbocycles. The van der Waals surface area contributed by atoms with E-state index in [-0.39, 0.29) is 18.2 Å². The third kappa shape index (κ3) is 5.78. The van der Waals surface area contributed by atoms with E-state index in [1.807, 2.05) is 17.5 Å². The zero-order chi connectivity index (χ0) is 22.5. The Morgan fingerprint density at radius 3 is 2.72 bits per heavy atom. The fourth-order valence-electron chi connectivity index (χ4n) is 2.74. The van der Waals surface area contributed by atoms with Crippen molar-refractivity contribution in [2.75, 3.05) is 5.32 Å². The van der Waals surface area contributed by atoms with E-state index < -0.39 is 0 Å². The van der Waals surface area contributed by atoms with Crippen molar-refractivity contribution in [1.29, 1.82) is 0 Å². The van der Waals surface area contributed by atoms with Crippen LogP contribution in [0.25, 0.3) is 22.0 Å². The standard InChI is InChI=1S/C21H18ClN5O3S2/c1-12(28)23-10-15-6-7-17(32-15)16-11-31-21(24-16)25-18(29)8-9-19-26-20(27-30-19)13-2-4-14(22)5-3-13/h2-7,11H,8-10H2,1H3,(H,23,28)(H,24,25,29). The van der Waals surface area contributed by atoms with Gasteiger partial charge in [0, 0.05) is 40.6 Å². The second-order valence-electron chi connectivity index (χ2n) is 6.78. The molecule has 3 aromatic heterocycles. The molecule has 0 radical (unpaired) electrons. The van der Waals surface area contributed by atoms with Gasteiger partial charge in [0.1, 0.15) is 0 Å². The quantitative estimate of drug-likeness (QED) is 0.370. The molecule has 0 aliphatic rings. The van der Waals surface area contributed by atoms with Crippen molar-refractivity contribution in [2.24, 2.45) is 0 Å². The molecule has 0 atom stereocenters. The molecule has 0 aliphatic heterocycles. The zero-order valence-corrected chi connectivity index (χ0v) is 19.3. The average molecular weight is 488 g/mol. The van der Waals surface area contributed by atoms with Crippen LogP contribution in [0.5, 0.6) is 0 Å². The largest absolute Gasteiger partial charge is 0.351 e. The molecule has 0 saturated heterocycles. The van der Waals surface area contributed by atoms with Crippen LogP contribution in [0, 0.1) is 0 Å².